The van der Waals surface area contributed by atoms with E-state index in [-0.39, 0.29) is 24.4 Å². The van der Waals surface area contributed by atoms with Crippen LogP contribution in [0, 0.1) is 0 Å². The van der Waals surface area contributed by atoms with E-state index in [1.165, 1.54) is 18.0 Å². The molecule has 0 saturated carbocycles. The zero-order valence-corrected chi connectivity index (χ0v) is 17.5. The molecule has 0 aliphatic rings. The fourth-order valence-electron chi connectivity index (χ4n) is 2.82. The predicted molar refractivity (Wildman–Crippen MR) is 113 cm³/mol. The molecule has 7 nitrogen and oxygen atoms in total. The van der Waals surface area contributed by atoms with E-state index in [2.05, 4.69) is 47.9 Å². The Morgan fingerprint density at radius 1 is 1.03 bits per heavy atom. The average Bonchev–Trinajstić information content (AvgIpc) is 2.72. The summed E-state index contributed by atoms with van der Waals surface area (Å²) in [7, 11) is 0. The quantitative estimate of drug-likeness (QED) is 0.613. The number of rotatable bonds is 6. The van der Waals surface area contributed by atoms with Gasteiger partial charge in [-0.3, -0.25) is 0 Å². The first-order valence-electron chi connectivity index (χ1n) is 9.69. The Labute approximate surface area is 175 Å². The van der Waals surface area contributed by atoms with Crippen molar-refractivity contribution in [3.63, 3.8) is 0 Å². The van der Waals surface area contributed by atoms with E-state index in [1.54, 1.807) is 19.1 Å². The lowest BCUT2D eigenvalue weighted by molar-refractivity contribution is -0.145. The van der Waals surface area contributed by atoms with Gasteiger partial charge >= 0.3 is 5.97 Å². The fourth-order valence-corrected chi connectivity index (χ4v) is 2.82. The third-order valence-corrected chi connectivity index (χ3v) is 4.45. The summed E-state index contributed by atoms with van der Waals surface area (Å²) in [6.45, 7) is 8.25. The van der Waals surface area contributed by atoms with Gasteiger partial charge in [-0.05, 0) is 30.0 Å². The molecule has 7 heteroatoms. The van der Waals surface area contributed by atoms with Crippen molar-refractivity contribution in [2.75, 3.05) is 13.2 Å². The zero-order chi connectivity index (χ0) is 21.7. The van der Waals surface area contributed by atoms with Crippen molar-refractivity contribution >= 4 is 5.97 Å². The Bertz CT molecular complexity index is 1030. The van der Waals surface area contributed by atoms with Crippen molar-refractivity contribution in [1.29, 1.82) is 0 Å². The maximum atomic E-state index is 11.4. The number of phenols is 1. The van der Waals surface area contributed by atoms with Gasteiger partial charge < -0.3 is 14.6 Å². The molecule has 0 aliphatic carbocycles. The second-order valence-electron chi connectivity index (χ2n) is 7.73. The highest BCUT2D eigenvalue weighted by molar-refractivity contribution is 5.71. The van der Waals surface area contributed by atoms with Gasteiger partial charge in [-0.1, -0.05) is 45.0 Å². The molecule has 3 rings (SSSR count). The van der Waals surface area contributed by atoms with E-state index in [4.69, 9.17) is 9.47 Å². The third kappa shape index (κ3) is 5.11. The molecule has 3 aromatic rings. The van der Waals surface area contributed by atoms with Crippen LogP contribution in [0.2, 0.25) is 0 Å². The van der Waals surface area contributed by atoms with Crippen molar-refractivity contribution in [3.05, 3.63) is 54.4 Å². The monoisotopic (exact) mass is 407 g/mol. The Hall–Kier alpha value is -3.48. The number of ether oxygens (including phenoxy) is 2. The first-order chi connectivity index (χ1) is 14.3. The Morgan fingerprint density at radius 2 is 1.73 bits per heavy atom. The minimum atomic E-state index is -0.472. The molecular weight excluding hydrogens is 382 g/mol. The number of carbonyl (C=O) groups excluding carboxylic acids is 1. The van der Waals surface area contributed by atoms with Crippen LogP contribution in [0.5, 0.6) is 11.5 Å². The van der Waals surface area contributed by atoms with Crippen LogP contribution in [0.25, 0.3) is 22.8 Å². The number of hydrogen-bond acceptors (Lipinski definition) is 7. The molecule has 1 heterocycles. The topological polar surface area (TPSA) is 94.4 Å². The number of carbonyl (C=O) groups is 1. The Morgan fingerprint density at radius 3 is 2.37 bits per heavy atom. The molecule has 0 radical (unpaired) electrons. The van der Waals surface area contributed by atoms with Gasteiger partial charge in [0, 0.05) is 11.6 Å². The summed E-state index contributed by atoms with van der Waals surface area (Å²) >= 11 is 0. The van der Waals surface area contributed by atoms with E-state index in [0.717, 1.165) is 5.56 Å². The van der Waals surface area contributed by atoms with Gasteiger partial charge in [0.1, 0.15) is 17.8 Å². The third-order valence-electron chi connectivity index (χ3n) is 4.45. The van der Waals surface area contributed by atoms with Crippen LogP contribution in [-0.2, 0) is 14.9 Å². The number of phenolic OH excluding ortho intramolecular Hbond substituents is 1. The summed E-state index contributed by atoms with van der Waals surface area (Å²) in [6.07, 6.45) is 1.42. The molecule has 1 aromatic heterocycles. The first kappa shape index (κ1) is 21.2. The average molecular weight is 407 g/mol. The van der Waals surface area contributed by atoms with Crippen molar-refractivity contribution in [2.45, 2.75) is 33.1 Å². The molecular formula is C23H25N3O4. The molecule has 1 N–H and O–H groups in total. The summed E-state index contributed by atoms with van der Waals surface area (Å²) in [4.78, 5) is 24.3. The molecule has 2 aromatic carbocycles. The van der Waals surface area contributed by atoms with Gasteiger partial charge in [-0.25, -0.2) is 19.7 Å². The van der Waals surface area contributed by atoms with Gasteiger partial charge in [-0.15, -0.1) is 0 Å². The van der Waals surface area contributed by atoms with Gasteiger partial charge in [0.2, 0.25) is 0 Å². The summed E-state index contributed by atoms with van der Waals surface area (Å²) < 4.78 is 10.2. The van der Waals surface area contributed by atoms with Crippen molar-refractivity contribution in [3.8, 4) is 34.3 Å². The smallest absolute Gasteiger partial charge is 0.344 e. The van der Waals surface area contributed by atoms with E-state index >= 15 is 0 Å². The minimum Gasteiger partial charge on any atom is -0.507 e. The van der Waals surface area contributed by atoms with Gasteiger partial charge in [-0.2, -0.15) is 0 Å². The van der Waals surface area contributed by atoms with Crippen molar-refractivity contribution in [1.82, 2.24) is 15.0 Å². The van der Waals surface area contributed by atoms with E-state index in [0.29, 0.717) is 23.0 Å². The highest BCUT2D eigenvalue weighted by atomic mass is 16.6. The second-order valence-corrected chi connectivity index (χ2v) is 7.73. The molecule has 0 unspecified atom stereocenters. The number of hydrogen-bond donors (Lipinski definition) is 1. The number of aromatic hydroxyl groups is 1. The number of esters is 1. The number of aromatic nitrogens is 3. The number of nitrogens with zero attached hydrogens (tertiary/aromatic N) is 3. The molecule has 156 valence electrons. The molecule has 0 bridgehead atoms. The van der Waals surface area contributed by atoms with Crippen LogP contribution in [0.3, 0.4) is 0 Å². The molecule has 0 fully saturated rings. The van der Waals surface area contributed by atoms with Crippen molar-refractivity contribution < 1.29 is 19.4 Å². The van der Waals surface area contributed by atoms with Crippen molar-refractivity contribution in [2.24, 2.45) is 0 Å². The maximum Gasteiger partial charge on any atom is 0.344 e. The normalized spacial score (nSPS) is 11.2. The van der Waals surface area contributed by atoms with E-state index < -0.39 is 5.97 Å². The molecule has 0 atom stereocenters. The second kappa shape index (κ2) is 8.90. The molecule has 0 spiro atoms. The largest absolute Gasteiger partial charge is 0.507 e. The molecule has 0 saturated heterocycles. The highest BCUT2D eigenvalue weighted by Crippen LogP contribution is 2.31. The van der Waals surface area contributed by atoms with Crippen LogP contribution in [0.1, 0.15) is 33.3 Å². The molecule has 0 aliphatic heterocycles. The highest BCUT2D eigenvalue weighted by Gasteiger charge is 2.15. The van der Waals surface area contributed by atoms with E-state index in [9.17, 15) is 9.90 Å². The first-order valence-corrected chi connectivity index (χ1v) is 9.69. The lowest BCUT2D eigenvalue weighted by Gasteiger charge is -2.19. The Balaban J connectivity index is 1.81. The Kier molecular flexibility index (Phi) is 6.30. The predicted octanol–water partition coefficient (Wildman–Crippen LogP) is 4.15. The van der Waals surface area contributed by atoms with Gasteiger partial charge in [0.15, 0.2) is 18.3 Å². The summed E-state index contributed by atoms with van der Waals surface area (Å²) in [6, 6.07) is 12.8. The number of benzene rings is 2. The van der Waals surface area contributed by atoms with Crippen LogP contribution in [-0.4, -0.2) is 39.2 Å². The van der Waals surface area contributed by atoms with Crippen LogP contribution in [0.15, 0.2) is 48.8 Å². The zero-order valence-electron chi connectivity index (χ0n) is 17.5. The van der Waals surface area contributed by atoms with Gasteiger partial charge in [0.05, 0.1) is 12.2 Å². The lowest BCUT2D eigenvalue weighted by Crippen LogP contribution is -2.14. The van der Waals surface area contributed by atoms with Crippen LogP contribution >= 0.6 is 0 Å². The minimum absolute atomic E-state index is 0.0587. The van der Waals surface area contributed by atoms with Gasteiger partial charge in [0.25, 0.3) is 0 Å². The fraction of sp³-hybridized carbons (Fsp3) is 0.304. The van der Waals surface area contributed by atoms with Crippen LogP contribution in [0.4, 0.5) is 0 Å². The summed E-state index contributed by atoms with van der Waals surface area (Å²) in [5.74, 6) is 0.672. The standard InChI is InChI=1S/C23H25N3O4/c1-5-29-20(28)13-30-17-10-11-18(19(27)12-17)22-25-14-24-21(26-22)15-6-8-16(9-7-15)23(2,3)4/h6-12,14,27H,5,13H2,1-4H3. The maximum absolute atomic E-state index is 11.4. The lowest BCUT2D eigenvalue weighted by atomic mass is 9.87. The van der Waals surface area contributed by atoms with E-state index in [1.807, 2.05) is 12.1 Å². The molecule has 30 heavy (non-hydrogen) atoms. The van der Waals surface area contributed by atoms with Crippen LogP contribution < -0.4 is 4.74 Å². The SMILES string of the molecule is CCOC(=O)COc1ccc(-c2ncnc(-c3ccc(C(C)(C)C)cc3)n2)c(O)c1. The molecule has 0 amide bonds. The summed E-state index contributed by atoms with van der Waals surface area (Å²) in [5.41, 5.74) is 2.58. The summed E-state index contributed by atoms with van der Waals surface area (Å²) in [5, 5.41) is 10.4.